The van der Waals surface area contributed by atoms with Gasteiger partial charge in [-0.2, -0.15) is 0 Å². The molecule has 19 heavy (non-hydrogen) atoms. The number of nitrogens with one attached hydrogen (secondary N) is 1. The molecule has 1 aliphatic rings. The molecule has 0 aromatic carbocycles. The highest BCUT2D eigenvalue weighted by Gasteiger charge is 2.22. The van der Waals surface area contributed by atoms with Gasteiger partial charge in [0, 0.05) is 12.2 Å². The van der Waals surface area contributed by atoms with Crippen LogP contribution >= 0.6 is 0 Å². The Kier molecular flexibility index (Phi) is 3.16. The van der Waals surface area contributed by atoms with Crippen LogP contribution in [0.1, 0.15) is 18.9 Å². The Morgan fingerprint density at radius 2 is 2.21 bits per heavy atom. The summed E-state index contributed by atoms with van der Waals surface area (Å²) in [6, 6.07) is 3.91. The first-order valence-electron chi connectivity index (χ1n) is 6.53. The van der Waals surface area contributed by atoms with Gasteiger partial charge in [-0.3, -0.25) is 9.13 Å². The van der Waals surface area contributed by atoms with Gasteiger partial charge < -0.3 is 10.1 Å². The Morgan fingerprint density at radius 3 is 2.95 bits per heavy atom. The molecule has 1 fully saturated rings. The fraction of sp³-hybridized carbons (Fsp3) is 0.462. The van der Waals surface area contributed by atoms with Crippen molar-refractivity contribution in [1.29, 1.82) is 0 Å². The van der Waals surface area contributed by atoms with E-state index in [-0.39, 0.29) is 18.3 Å². The molecule has 0 aliphatic carbocycles. The van der Waals surface area contributed by atoms with Crippen molar-refractivity contribution in [2.75, 3.05) is 13.1 Å². The van der Waals surface area contributed by atoms with Gasteiger partial charge in [-0.1, -0.05) is 0 Å². The molecule has 2 aromatic rings. The molecule has 6 heteroatoms. The van der Waals surface area contributed by atoms with Crippen LogP contribution in [0.4, 0.5) is 0 Å². The lowest BCUT2D eigenvalue weighted by atomic mass is 10.1. The normalized spacial score (nSPS) is 16.8. The van der Waals surface area contributed by atoms with Crippen molar-refractivity contribution in [3.8, 4) is 0 Å². The molecule has 0 unspecified atom stereocenters. The van der Waals surface area contributed by atoms with Gasteiger partial charge in [-0.15, -0.1) is 0 Å². The molecule has 0 atom stereocenters. The number of piperidine rings is 1. The maximum absolute atomic E-state index is 12.5. The van der Waals surface area contributed by atoms with Crippen LogP contribution < -0.4 is 11.0 Å². The summed E-state index contributed by atoms with van der Waals surface area (Å²) >= 11 is 0. The number of pyridine rings is 1. The minimum atomic E-state index is -0.132. The van der Waals surface area contributed by atoms with Crippen molar-refractivity contribution in [2.24, 2.45) is 0 Å². The van der Waals surface area contributed by atoms with E-state index in [0.29, 0.717) is 5.65 Å². The molecule has 1 N–H and O–H groups in total. The second-order valence-corrected chi connectivity index (χ2v) is 4.76. The van der Waals surface area contributed by atoms with Crippen LogP contribution in [0.3, 0.4) is 0 Å². The van der Waals surface area contributed by atoms with E-state index < -0.39 is 0 Å². The number of carbonyl (C=O) groups is 1. The minimum absolute atomic E-state index is 0.0598. The first kappa shape index (κ1) is 12.1. The summed E-state index contributed by atoms with van der Waals surface area (Å²) < 4.78 is 3.25. The quantitative estimate of drug-likeness (QED) is 0.807. The van der Waals surface area contributed by atoms with E-state index in [1.165, 1.54) is 4.57 Å². The third kappa shape index (κ3) is 1.98. The lowest BCUT2D eigenvalue weighted by Crippen LogP contribution is -2.35. The first-order chi connectivity index (χ1) is 9.33. The molecule has 0 saturated carbocycles. The van der Waals surface area contributed by atoms with Crippen molar-refractivity contribution >= 4 is 17.5 Å². The molecule has 3 heterocycles. The SMILES string of the molecule is O=CCn1c(=O)n(C2CCNCC2)c2cccnc21. The Balaban J connectivity index is 2.20. The Hall–Kier alpha value is -1.95. The van der Waals surface area contributed by atoms with Crippen LogP contribution in [-0.2, 0) is 11.3 Å². The van der Waals surface area contributed by atoms with Gasteiger partial charge >= 0.3 is 5.69 Å². The van der Waals surface area contributed by atoms with E-state index >= 15 is 0 Å². The van der Waals surface area contributed by atoms with Crippen LogP contribution in [0.5, 0.6) is 0 Å². The highest BCUT2D eigenvalue weighted by atomic mass is 16.2. The van der Waals surface area contributed by atoms with Gasteiger partial charge in [0.1, 0.15) is 6.29 Å². The van der Waals surface area contributed by atoms with Crippen molar-refractivity contribution in [3.05, 3.63) is 28.8 Å². The third-order valence-corrected chi connectivity index (χ3v) is 3.65. The van der Waals surface area contributed by atoms with Gasteiger partial charge in [0.15, 0.2) is 5.65 Å². The maximum Gasteiger partial charge on any atom is 0.330 e. The molecule has 2 aromatic heterocycles. The lowest BCUT2D eigenvalue weighted by Gasteiger charge is -2.23. The smallest absolute Gasteiger partial charge is 0.317 e. The Bertz CT molecular complexity index is 652. The number of hydrogen-bond acceptors (Lipinski definition) is 4. The fourth-order valence-electron chi connectivity index (χ4n) is 2.77. The average Bonchev–Trinajstić information content (AvgIpc) is 2.73. The summed E-state index contributed by atoms with van der Waals surface area (Å²) in [5, 5.41) is 3.29. The third-order valence-electron chi connectivity index (χ3n) is 3.65. The van der Waals surface area contributed by atoms with Gasteiger partial charge in [-0.25, -0.2) is 9.78 Å². The fourth-order valence-corrected chi connectivity index (χ4v) is 2.77. The Labute approximate surface area is 110 Å². The monoisotopic (exact) mass is 260 g/mol. The van der Waals surface area contributed by atoms with Crippen LogP contribution in [-0.4, -0.2) is 33.5 Å². The molecule has 3 rings (SSSR count). The van der Waals surface area contributed by atoms with Gasteiger partial charge in [0.05, 0.1) is 12.1 Å². The topological polar surface area (TPSA) is 68.9 Å². The predicted molar refractivity (Wildman–Crippen MR) is 71.2 cm³/mol. The zero-order chi connectivity index (χ0) is 13.2. The van der Waals surface area contributed by atoms with Crippen molar-refractivity contribution in [1.82, 2.24) is 19.4 Å². The molecular formula is C13H16N4O2. The largest absolute Gasteiger partial charge is 0.330 e. The van der Waals surface area contributed by atoms with Crippen LogP contribution in [0, 0.1) is 0 Å². The predicted octanol–water partition coefficient (Wildman–Crippen LogP) is 0.321. The van der Waals surface area contributed by atoms with Gasteiger partial charge in [0.25, 0.3) is 0 Å². The number of nitrogens with zero attached hydrogens (tertiary/aromatic N) is 3. The second kappa shape index (κ2) is 4.97. The first-order valence-corrected chi connectivity index (χ1v) is 6.53. The standard InChI is InChI=1S/C13H16N4O2/c18-9-8-16-12-11(2-1-5-15-12)17(13(16)19)10-3-6-14-7-4-10/h1-2,5,9-10,14H,3-4,6-8H2. The van der Waals surface area contributed by atoms with Crippen LogP contribution in [0.25, 0.3) is 11.2 Å². The number of aromatic nitrogens is 3. The van der Waals surface area contributed by atoms with E-state index in [2.05, 4.69) is 10.3 Å². The molecule has 0 radical (unpaired) electrons. The second-order valence-electron chi connectivity index (χ2n) is 4.76. The van der Waals surface area contributed by atoms with E-state index in [4.69, 9.17) is 0 Å². The summed E-state index contributed by atoms with van der Waals surface area (Å²) in [5.41, 5.74) is 1.28. The zero-order valence-electron chi connectivity index (χ0n) is 10.6. The van der Waals surface area contributed by atoms with Crippen molar-refractivity contribution in [3.63, 3.8) is 0 Å². The van der Waals surface area contributed by atoms with Crippen molar-refractivity contribution in [2.45, 2.75) is 25.4 Å². The number of imidazole rings is 1. The molecule has 100 valence electrons. The van der Waals surface area contributed by atoms with Gasteiger partial charge in [-0.05, 0) is 38.1 Å². The molecule has 0 amide bonds. The molecule has 0 spiro atoms. The maximum atomic E-state index is 12.5. The van der Waals surface area contributed by atoms with Gasteiger partial charge in [0.2, 0.25) is 0 Å². The molecule has 1 saturated heterocycles. The van der Waals surface area contributed by atoms with E-state index in [1.54, 1.807) is 10.8 Å². The molecular weight excluding hydrogens is 244 g/mol. The number of fused-ring (bicyclic) bond motifs is 1. The lowest BCUT2D eigenvalue weighted by molar-refractivity contribution is -0.108. The summed E-state index contributed by atoms with van der Waals surface area (Å²) in [7, 11) is 0. The number of rotatable bonds is 3. The molecule has 6 nitrogen and oxygen atoms in total. The van der Waals surface area contributed by atoms with Crippen molar-refractivity contribution < 1.29 is 4.79 Å². The minimum Gasteiger partial charge on any atom is -0.317 e. The molecule has 1 aliphatic heterocycles. The van der Waals surface area contributed by atoms with E-state index in [0.717, 1.165) is 37.7 Å². The average molecular weight is 260 g/mol. The number of carbonyl (C=O) groups excluding carboxylic acids is 1. The summed E-state index contributed by atoms with van der Waals surface area (Å²) in [6.07, 6.45) is 4.24. The number of aldehydes is 1. The zero-order valence-corrected chi connectivity index (χ0v) is 10.6. The van der Waals surface area contributed by atoms with E-state index in [9.17, 15) is 9.59 Å². The summed E-state index contributed by atoms with van der Waals surface area (Å²) in [4.78, 5) is 27.5. The van der Waals surface area contributed by atoms with E-state index in [1.807, 2.05) is 12.1 Å². The highest BCUT2D eigenvalue weighted by Crippen LogP contribution is 2.21. The van der Waals surface area contributed by atoms with Crippen LogP contribution in [0.15, 0.2) is 23.1 Å². The summed E-state index contributed by atoms with van der Waals surface area (Å²) in [5.74, 6) is 0. The number of hydrogen-bond donors (Lipinski definition) is 1. The molecule has 0 bridgehead atoms. The summed E-state index contributed by atoms with van der Waals surface area (Å²) in [6.45, 7) is 1.89. The van der Waals surface area contributed by atoms with Crippen LogP contribution in [0.2, 0.25) is 0 Å². The Morgan fingerprint density at radius 1 is 1.42 bits per heavy atom. The highest BCUT2D eigenvalue weighted by molar-refractivity contribution is 5.72.